The highest BCUT2D eigenvalue weighted by Gasteiger charge is 2.11. The summed E-state index contributed by atoms with van der Waals surface area (Å²) in [7, 11) is 1.92. The van der Waals surface area contributed by atoms with Gasteiger partial charge in [-0.25, -0.2) is 0 Å². The van der Waals surface area contributed by atoms with E-state index in [0.717, 1.165) is 22.4 Å². The summed E-state index contributed by atoms with van der Waals surface area (Å²) < 4.78 is 0. The van der Waals surface area contributed by atoms with Crippen LogP contribution in [0, 0.1) is 13.8 Å². The first-order valence-corrected chi connectivity index (χ1v) is 10.5. The van der Waals surface area contributed by atoms with Crippen molar-refractivity contribution in [3.8, 4) is 0 Å². The number of carbonyl (C=O) groups excluding carboxylic acids is 2. The zero-order chi connectivity index (χ0) is 23.1. The Morgan fingerprint density at radius 2 is 1.66 bits per heavy atom. The minimum atomic E-state index is -0.168. The molecule has 0 fully saturated rings. The topological polar surface area (TPSA) is 69.6 Å². The zero-order valence-electron chi connectivity index (χ0n) is 18.6. The number of benzene rings is 3. The molecule has 0 aliphatic carbocycles. The van der Waals surface area contributed by atoms with Crippen LogP contribution < -0.4 is 10.2 Å². The third kappa shape index (κ3) is 5.71. The molecule has 0 spiro atoms. The average Bonchev–Trinajstić information content (AvgIpc) is 2.80. The van der Waals surface area contributed by atoms with Crippen LogP contribution in [0.15, 0.2) is 72.8 Å². The van der Waals surface area contributed by atoms with Gasteiger partial charge < -0.3 is 15.3 Å². The molecule has 1 amide bonds. The van der Waals surface area contributed by atoms with E-state index in [1.54, 1.807) is 36.4 Å². The highest BCUT2D eigenvalue weighted by molar-refractivity contribution is 6.08. The lowest BCUT2D eigenvalue weighted by Crippen LogP contribution is -2.20. The van der Waals surface area contributed by atoms with E-state index in [1.165, 1.54) is 6.08 Å². The van der Waals surface area contributed by atoms with Gasteiger partial charge in [0.05, 0.1) is 6.61 Å². The number of nitrogens with one attached hydrogen (secondary N) is 1. The molecule has 0 radical (unpaired) electrons. The van der Waals surface area contributed by atoms with Crippen molar-refractivity contribution in [2.45, 2.75) is 13.8 Å². The predicted molar refractivity (Wildman–Crippen MR) is 130 cm³/mol. The Balaban J connectivity index is 1.62. The number of rotatable bonds is 8. The van der Waals surface area contributed by atoms with Gasteiger partial charge in [-0.15, -0.1) is 0 Å². The van der Waals surface area contributed by atoms with Gasteiger partial charge in [-0.3, -0.25) is 9.59 Å². The van der Waals surface area contributed by atoms with E-state index in [-0.39, 0.29) is 18.3 Å². The van der Waals surface area contributed by atoms with Gasteiger partial charge in [-0.2, -0.15) is 0 Å². The monoisotopic (exact) mass is 428 g/mol. The van der Waals surface area contributed by atoms with Gasteiger partial charge in [0.1, 0.15) is 0 Å². The van der Waals surface area contributed by atoms with Gasteiger partial charge in [0.15, 0.2) is 5.78 Å². The minimum absolute atomic E-state index is 0.0979. The highest BCUT2D eigenvalue weighted by Crippen LogP contribution is 2.17. The van der Waals surface area contributed by atoms with Crippen molar-refractivity contribution in [2.24, 2.45) is 0 Å². The Kier molecular flexibility index (Phi) is 7.58. The van der Waals surface area contributed by atoms with Crippen LogP contribution in [0.25, 0.3) is 6.08 Å². The van der Waals surface area contributed by atoms with Crippen LogP contribution in [0.4, 0.5) is 11.4 Å². The number of nitrogens with zero attached hydrogens (tertiary/aromatic N) is 1. The molecule has 0 bridgehead atoms. The molecule has 5 heteroatoms. The number of hydrogen-bond acceptors (Lipinski definition) is 4. The van der Waals surface area contributed by atoms with Crippen molar-refractivity contribution >= 4 is 29.1 Å². The van der Waals surface area contributed by atoms with Gasteiger partial charge in [0.2, 0.25) is 0 Å². The van der Waals surface area contributed by atoms with Crippen LogP contribution in [0.5, 0.6) is 0 Å². The van der Waals surface area contributed by atoms with Crippen LogP contribution in [0.1, 0.15) is 37.4 Å². The minimum Gasteiger partial charge on any atom is -0.395 e. The number of amides is 1. The van der Waals surface area contributed by atoms with Gasteiger partial charge in [-0.1, -0.05) is 30.3 Å². The quantitative estimate of drug-likeness (QED) is 0.396. The van der Waals surface area contributed by atoms with E-state index in [1.807, 2.05) is 62.2 Å². The molecule has 0 heterocycles. The highest BCUT2D eigenvalue weighted by atomic mass is 16.3. The second kappa shape index (κ2) is 10.6. The Morgan fingerprint density at radius 1 is 0.969 bits per heavy atom. The first-order chi connectivity index (χ1) is 15.4. The van der Waals surface area contributed by atoms with Crippen molar-refractivity contribution < 1.29 is 14.7 Å². The number of anilines is 2. The van der Waals surface area contributed by atoms with E-state index in [2.05, 4.69) is 5.32 Å². The van der Waals surface area contributed by atoms with E-state index >= 15 is 0 Å². The molecule has 0 aliphatic rings. The molecule has 5 nitrogen and oxygen atoms in total. The van der Waals surface area contributed by atoms with Crippen LogP contribution in [-0.4, -0.2) is 37.0 Å². The maximum atomic E-state index is 12.6. The average molecular weight is 429 g/mol. The molecule has 32 heavy (non-hydrogen) atoms. The first-order valence-electron chi connectivity index (χ1n) is 10.5. The molecule has 0 saturated carbocycles. The molecule has 0 atom stereocenters. The summed E-state index contributed by atoms with van der Waals surface area (Å²) in [5.74, 6) is -0.280. The molecule has 0 saturated heterocycles. The number of aliphatic hydroxyl groups excluding tert-OH is 1. The van der Waals surface area contributed by atoms with Gasteiger partial charge >= 0.3 is 0 Å². The molecule has 164 valence electrons. The third-order valence-corrected chi connectivity index (χ3v) is 5.47. The van der Waals surface area contributed by atoms with Crippen LogP contribution in [0.3, 0.4) is 0 Å². The Morgan fingerprint density at radius 3 is 2.31 bits per heavy atom. The molecule has 3 aromatic rings. The number of likely N-dealkylation sites (N-methyl/N-ethyl adjacent to an activating group) is 1. The maximum absolute atomic E-state index is 12.6. The summed E-state index contributed by atoms with van der Waals surface area (Å²) in [5.41, 5.74) is 5.76. The molecule has 0 aromatic heterocycles. The van der Waals surface area contributed by atoms with Crippen molar-refractivity contribution in [3.63, 3.8) is 0 Å². The molecule has 2 N–H and O–H groups in total. The lowest BCUT2D eigenvalue weighted by molar-refractivity contribution is 0.102. The molecule has 0 aliphatic heterocycles. The fourth-order valence-electron chi connectivity index (χ4n) is 3.30. The van der Waals surface area contributed by atoms with Gasteiger partial charge in [-0.05, 0) is 79.1 Å². The third-order valence-electron chi connectivity index (χ3n) is 5.47. The SMILES string of the molecule is Cc1cccc(C(=O)Nc2ccc(C(=O)/C=C/c3ccc(N(C)CCO)cc3)cc2)c1C. The Bertz CT molecular complexity index is 1120. The lowest BCUT2D eigenvalue weighted by atomic mass is 10.0. The summed E-state index contributed by atoms with van der Waals surface area (Å²) in [6, 6.07) is 20.3. The number of aryl methyl sites for hydroxylation is 1. The number of ketones is 1. The number of aliphatic hydroxyl groups is 1. The second-order valence-electron chi connectivity index (χ2n) is 7.71. The van der Waals surface area contributed by atoms with E-state index < -0.39 is 0 Å². The number of hydrogen-bond donors (Lipinski definition) is 2. The predicted octanol–water partition coefficient (Wildman–Crippen LogP) is 4.88. The lowest BCUT2D eigenvalue weighted by Gasteiger charge is -2.17. The summed E-state index contributed by atoms with van der Waals surface area (Å²) in [6.45, 7) is 4.57. The number of carbonyl (C=O) groups is 2. The van der Waals surface area contributed by atoms with Crippen molar-refractivity contribution in [3.05, 3.63) is 101 Å². The van der Waals surface area contributed by atoms with E-state index in [0.29, 0.717) is 23.4 Å². The van der Waals surface area contributed by atoms with E-state index in [4.69, 9.17) is 5.11 Å². The first kappa shape index (κ1) is 23.0. The van der Waals surface area contributed by atoms with E-state index in [9.17, 15) is 9.59 Å². The smallest absolute Gasteiger partial charge is 0.255 e. The second-order valence-corrected chi connectivity index (χ2v) is 7.71. The standard InChI is InChI=1S/C27H28N2O3/c1-19-5-4-6-25(20(19)2)27(32)28-23-12-10-22(11-13-23)26(31)16-9-21-7-14-24(15-8-21)29(3)17-18-30/h4-16,30H,17-18H2,1-3H3,(H,28,32)/b16-9+. The van der Waals surface area contributed by atoms with Gasteiger partial charge in [0, 0.05) is 36.1 Å². The van der Waals surface area contributed by atoms with Crippen molar-refractivity contribution in [1.82, 2.24) is 0 Å². The Hall–Kier alpha value is -3.70. The molecule has 3 rings (SSSR count). The molecule has 3 aromatic carbocycles. The summed E-state index contributed by atoms with van der Waals surface area (Å²) >= 11 is 0. The summed E-state index contributed by atoms with van der Waals surface area (Å²) in [6.07, 6.45) is 3.31. The van der Waals surface area contributed by atoms with Crippen LogP contribution in [0.2, 0.25) is 0 Å². The van der Waals surface area contributed by atoms with Crippen LogP contribution >= 0.6 is 0 Å². The van der Waals surface area contributed by atoms with Gasteiger partial charge in [0.25, 0.3) is 5.91 Å². The number of allylic oxidation sites excluding steroid dienone is 1. The maximum Gasteiger partial charge on any atom is 0.255 e. The van der Waals surface area contributed by atoms with Crippen molar-refractivity contribution in [1.29, 1.82) is 0 Å². The van der Waals surface area contributed by atoms with Crippen LogP contribution in [-0.2, 0) is 0 Å². The zero-order valence-corrected chi connectivity index (χ0v) is 18.6. The fourth-order valence-corrected chi connectivity index (χ4v) is 3.30. The Labute approximate surface area is 189 Å². The molecule has 0 unspecified atom stereocenters. The normalized spacial score (nSPS) is 10.9. The summed E-state index contributed by atoms with van der Waals surface area (Å²) in [5, 5.41) is 11.9. The molecular formula is C27H28N2O3. The molecular weight excluding hydrogens is 400 g/mol. The summed E-state index contributed by atoms with van der Waals surface area (Å²) in [4.78, 5) is 27.0. The fraction of sp³-hybridized carbons (Fsp3) is 0.185. The largest absolute Gasteiger partial charge is 0.395 e. The van der Waals surface area contributed by atoms with Crippen molar-refractivity contribution in [2.75, 3.05) is 30.4 Å².